The summed E-state index contributed by atoms with van der Waals surface area (Å²) in [6, 6.07) is 13.8. The molecule has 1 fully saturated rings. The number of rotatable bonds is 3. The molecule has 5 rings (SSSR count). The smallest absolute Gasteiger partial charge is 0.256 e. The van der Waals surface area contributed by atoms with Gasteiger partial charge in [0.15, 0.2) is 0 Å². The molecule has 1 amide bonds. The largest absolute Gasteiger partial charge is 0.368 e. The van der Waals surface area contributed by atoms with Gasteiger partial charge in [-0.25, -0.2) is 14.4 Å². The van der Waals surface area contributed by atoms with E-state index in [-0.39, 0.29) is 11.7 Å². The number of nitrogens with zero attached hydrogens (tertiary/aromatic N) is 5. The summed E-state index contributed by atoms with van der Waals surface area (Å²) >= 11 is 5.98. The molecule has 2 aromatic carbocycles. The molecule has 0 spiro atoms. The molecule has 31 heavy (non-hydrogen) atoms. The maximum Gasteiger partial charge on any atom is 0.256 e. The molecule has 0 aliphatic carbocycles. The molecule has 0 atom stereocenters. The van der Waals surface area contributed by atoms with Crippen LogP contribution in [0.25, 0.3) is 16.9 Å². The number of carbonyl (C=O) groups is 1. The van der Waals surface area contributed by atoms with Gasteiger partial charge in [-0.05, 0) is 48.5 Å². The van der Waals surface area contributed by atoms with Crippen molar-refractivity contribution in [3.63, 3.8) is 0 Å². The van der Waals surface area contributed by atoms with E-state index in [0.717, 1.165) is 5.69 Å². The molecule has 8 heteroatoms. The van der Waals surface area contributed by atoms with Crippen LogP contribution in [0.1, 0.15) is 10.4 Å². The van der Waals surface area contributed by atoms with Gasteiger partial charge in [0, 0.05) is 60.9 Å². The van der Waals surface area contributed by atoms with Gasteiger partial charge in [-0.1, -0.05) is 11.6 Å². The topological polar surface area (TPSA) is 54.3 Å². The molecule has 1 aliphatic heterocycles. The Morgan fingerprint density at radius 3 is 2.39 bits per heavy atom. The maximum atomic E-state index is 14.0. The summed E-state index contributed by atoms with van der Waals surface area (Å²) in [4.78, 5) is 25.9. The third kappa shape index (κ3) is 3.72. The number of aromatic nitrogens is 3. The minimum absolute atomic E-state index is 0.124. The van der Waals surface area contributed by atoms with Crippen molar-refractivity contribution in [1.82, 2.24) is 19.4 Å². The molecule has 6 nitrogen and oxygen atoms in total. The number of hydrogen-bond donors (Lipinski definition) is 0. The first kappa shape index (κ1) is 19.5. The SMILES string of the molecule is O=C(c1cn(-c2ncccn2)c2ccc(F)cc12)N1CCN(c2ccc(Cl)cc2)CC1. The first-order valence-electron chi connectivity index (χ1n) is 9.98. The zero-order valence-electron chi connectivity index (χ0n) is 16.6. The lowest BCUT2D eigenvalue weighted by atomic mass is 10.1. The Balaban J connectivity index is 1.42. The monoisotopic (exact) mass is 435 g/mol. The van der Waals surface area contributed by atoms with Crippen LogP contribution in [0, 0.1) is 5.82 Å². The summed E-state index contributed by atoms with van der Waals surface area (Å²) in [6.45, 7) is 2.57. The molecule has 0 bridgehead atoms. The van der Waals surface area contributed by atoms with Gasteiger partial charge in [-0.2, -0.15) is 0 Å². The van der Waals surface area contributed by atoms with Gasteiger partial charge in [-0.3, -0.25) is 9.36 Å². The van der Waals surface area contributed by atoms with E-state index in [0.29, 0.717) is 53.6 Å². The number of amides is 1. The van der Waals surface area contributed by atoms with E-state index in [1.165, 1.54) is 12.1 Å². The third-order valence-corrected chi connectivity index (χ3v) is 5.78. The van der Waals surface area contributed by atoms with Gasteiger partial charge >= 0.3 is 0 Å². The number of piperazine rings is 1. The predicted octanol–water partition coefficient (Wildman–Crippen LogP) is 4.18. The standard InChI is InChI=1S/C23H19ClFN5O/c24-16-2-5-18(6-3-16)28-10-12-29(13-11-28)22(31)20-15-30(23-26-8-1-9-27-23)21-7-4-17(25)14-19(20)21/h1-9,14-15H,10-13H2. The van der Waals surface area contributed by atoms with Gasteiger partial charge in [0.25, 0.3) is 5.91 Å². The Morgan fingerprint density at radius 1 is 0.968 bits per heavy atom. The minimum Gasteiger partial charge on any atom is -0.368 e. The first-order chi connectivity index (χ1) is 15.1. The predicted molar refractivity (Wildman–Crippen MR) is 118 cm³/mol. The van der Waals surface area contributed by atoms with E-state index in [9.17, 15) is 9.18 Å². The average molecular weight is 436 g/mol. The molecular formula is C23H19ClFN5O. The second-order valence-electron chi connectivity index (χ2n) is 7.38. The Labute approximate surface area is 183 Å². The highest BCUT2D eigenvalue weighted by Crippen LogP contribution is 2.27. The molecule has 156 valence electrons. The number of anilines is 1. The first-order valence-corrected chi connectivity index (χ1v) is 10.4. The van der Waals surface area contributed by atoms with Crippen molar-refractivity contribution in [1.29, 1.82) is 0 Å². The van der Waals surface area contributed by atoms with E-state index in [1.807, 2.05) is 29.2 Å². The van der Waals surface area contributed by atoms with Crippen LogP contribution in [0.4, 0.5) is 10.1 Å². The van der Waals surface area contributed by atoms with Crippen LogP contribution in [0.5, 0.6) is 0 Å². The fourth-order valence-corrected chi connectivity index (χ4v) is 4.07. The van der Waals surface area contributed by atoms with Crippen LogP contribution in [-0.4, -0.2) is 51.5 Å². The molecular weight excluding hydrogens is 417 g/mol. The summed E-state index contributed by atoms with van der Waals surface area (Å²) < 4.78 is 15.7. The highest BCUT2D eigenvalue weighted by atomic mass is 35.5. The van der Waals surface area contributed by atoms with Crippen molar-refractivity contribution in [3.05, 3.63) is 83.5 Å². The molecule has 0 N–H and O–H groups in total. The van der Waals surface area contributed by atoms with Crippen molar-refractivity contribution in [2.45, 2.75) is 0 Å². The third-order valence-electron chi connectivity index (χ3n) is 5.52. The molecule has 0 saturated carbocycles. The van der Waals surface area contributed by atoms with Gasteiger partial charge < -0.3 is 9.80 Å². The number of hydrogen-bond acceptors (Lipinski definition) is 4. The van der Waals surface area contributed by atoms with Crippen LogP contribution in [-0.2, 0) is 0 Å². The summed E-state index contributed by atoms with van der Waals surface area (Å²) in [5, 5.41) is 1.25. The van der Waals surface area contributed by atoms with Crippen LogP contribution in [0.2, 0.25) is 5.02 Å². The normalized spacial score (nSPS) is 14.3. The average Bonchev–Trinajstić information content (AvgIpc) is 3.18. The fraction of sp³-hybridized carbons (Fsp3) is 0.174. The second-order valence-corrected chi connectivity index (χ2v) is 7.82. The maximum absolute atomic E-state index is 14.0. The highest BCUT2D eigenvalue weighted by Gasteiger charge is 2.26. The zero-order valence-corrected chi connectivity index (χ0v) is 17.3. The van der Waals surface area contributed by atoms with Crippen molar-refractivity contribution >= 4 is 34.1 Å². The van der Waals surface area contributed by atoms with Crippen LogP contribution in [0.15, 0.2) is 67.1 Å². The van der Waals surface area contributed by atoms with Gasteiger partial charge in [0.2, 0.25) is 5.95 Å². The summed E-state index contributed by atoms with van der Waals surface area (Å²) in [6.07, 6.45) is 4.97. The summed E-state index contributed by atoms with van der Waals surface area (Å²) in [5.74, 6) is -0.0763. The Hall–Kier alpha value is -3.45. The van der Waals surface area contributed by atoms with E-state index < -0.39 is 0 Å². The van der Waals surface area contributed by atoms with Crippen LogP contribution in [0.3, 0.4) is 0 Å². The lowest BCUT2D eigenvalue weighted by Crippen LogP contribution is -2.48. The summed E-state index contributed by atoms with van der Waals surface area (Å²) in [5.41, 5.74) is 2.22. The fourth-order valence-electron chi connectivity index (χ4n) is 3.94. The van der Waals surface area contributed by atoms with Gasteiger partial charge in [0.05, 0.1) is 11.1 Å². The zero-order chi connectivity index (χ0) is 21.4. The number of halogens is 2. The molecule has 0 radical (unpaired) electrons. The van der Waals surface area contributed by atoms with E-state index in [4.69, 9.17) is 11.6 Å². The molecule has 3 heterocycles. The van der Waals surface area contributed by atoms with Crippen molar-refractivity contribution in [2.75, 3.05) is 31.1 Å². The quantitative estimate of drug-likeness (QED) is 0.484. The Bertz CT molecular complexity index is 1230. The van der Waals surface area contributed by atoms with Crippen molar-refractivity contribution in [3.8, 4) is 5.95 Å². The van der Waals surface area contributed by atoms with Crippen molar-refractivity contribution < 1.29 is 9.18 Å². The minimum atomic E-state index is -0.388. The van der Waals surface area contributed by atoms with Crippen LogP contribution >= 0.6 is 11.6 Å². The van der Waals surface area contributed by atoms with Gasteiger partial charge in [-0.15, -0.1) is 0 Å². The number of benzene rings is 2. The number of fused-ring (bicyclic) bond motifs is 1. The second kappa shape index (κ2) is 8.00. The van der Waals surface area contributed by atoms with E-state index >= 15 is 0 Å². The lowest BCUT2D eigenvalue weighted by molar-refractivity contribution is 0.0748. The molecule has 1 saturated heterocycles. The molecule has 1 aliphatic rings. The molecule has 2 aromatic heterocycles. The molecule has 0 unspecified atom stereocenters. The van der Waals surface area contributed by atoms with E-state index in [2.05, 4.69) is 14.9 Å². The Kier molecular flexibility index (Phi) is 5.03. The Morgan fingerprint density at radius 2 is 1.68 bits per heavy atom. The van der Waals surface area contributed by atoms with E-state index in [1.54, 1.807) is 35.3 Å². The van der Waals surface area contributed by atoms with Gasteiger partial charge in [0.1, 0.15) is 5.82 Å². The summed E-state index contributed by atoms with van der Waals surface area (Å²) in [7, 11) is 0. The highest BCUT2D eigenvalue weighted by molar-refractivity contribution is 6.30. The number of carbonyl (C=O) groups excluding carboxylic acids is 1. The van der Waals surface area contributed by atoms with Crippen LogP contribution < -0.4 is 4.90 Å². The van der Waals surface area contributed by atoms with Crippen molar-refractivity contribution in [2.24, 2.45) is 0 Å². The lowest BCUT2D eigenvalue weighted by Gasteiger charge is -2.36. The molecule has 4 aromatic rings.